The van der Waals surface area contributed by atoms with Crippen LogP contribution in [0.5, 0.6) is 0 Å². The maximum atomic E-state index is 12.8. The van der Waals surface area contributed by atoms with Gasteiger partial charge < -0.3 is 14.7 Å². The van der Waals surface area contributed by atoms with Crippen LogP contribution in [0.3, 0.4) is 0 Å². The number of rotatable bonds is 2. The summed E-state index contributed by atoms with van der Waals surface area (Å²) in [6, 6.07) is 0. The van der Waals surface area contributed by atoms with Gasteiger partial charge in [-0.2, -0.15) is 5.10 Å². The summed E-state index contributed by atoms with van der Waals surface area (Å²) in [6.45, 7) is 2.20. The highest BCUT2D eigenvalue weighted by Crippen LogP contribution is 2.25. The van der Waals surface area contributed by atoms with Gasteiger partial charge in [0.25, 0.3) is 5.91 Å². The van der Waals surface area contributed by atoms with E-state index < -0.39 is 0 Å². The van der Waals surface area contributed by atoms with Crippen molar-refractivity contribution in [3.05, 3.63) is 17.0 Å². The molecule has 0 unspecified atom stereocenters. The number of ether oxygens (including phenoxy) is 1. The van der Waals surface area contributed by atoms with Gasteiger partial charge in [-0.25, -0.2) is 0 Å². The highest BCUT2D eigenvalue weighted by atomic mass is 16.5. The molecule has 1 aromatic rings. The lowest BCUT2D eigenvalue weighted by Crippen LogP contribution is -2.37. The van der Waals surface area contributed by atoms with Crippen LogP contribution in [0.4, 0.5) is 0 Å². The Bertz CT molecular complexity index is 526. The van der Waals surface area contributed by atoms with Crippen molar-refractivity contribution in [3.8, 4) is 0 Å². The summed E-state index contributed by atoms with van der Waals surface area (Å²) in [4.78, 5) is 14.6. The van der Waals surface area contributed by atoms with Crippen molar-refractivity contribution < 1.29 is 14.6 Å². The lowest BCUT2D eigenvalue weighted by atomic mass is 9.95. The molecule has 1 amide bonds. The first-order chi connectivity index (χ1) is 10.2. The molecular formula is C15H23N3O3. The third-order valence-electron chi connectivity index (χ3n) is 4.45. The molecule has 0 saturated carbocycles. The molecule has 1 fully saturated rings. The number of aryl methyl sites for hydroxylation is 1. The summed E-state index contributed by atoms with van der Waals surface area (Å²) in [5.41, 5.74) is 2.93. The van der Waals surface area contributed by atoms with E-state index in [1.54, 1.807) is 4.90 Å². The molecule has 1 aliphatic heterocycles. The molecular weight excluding hydrogens is 270 g/mol. The second kappa shape index (κ2) is 6.15. The van der Waals surface area contributed by atoms with E-state index in [0.29, 0.717) is 32.0 Å². The van der Waals surface area contributed by atoms with Crippen LogP contribution in [-0.2, 0) is 24.6 Å². The lowest BCUT2D eigenvalue weighted by Gasteiger charge is -2.22. The van der Waals surface area contributed by atoms with Gasteiger partial charge in [0.2, 0.25) is 0 Å². The van der Waals surface area contributed by atoms with E-state index in [2.05, 4.69) is 5.10 Å². The number of carbonyl (C=O) groups is 1. The Kier molecular flexibility index (Phi) is 4.26. The van der Waals surface area contributed by atoms with Gasteiger partial charge in [0.05, 0.1) is 13.2 Å². The fourth-order valence-corrected chi connectivity index (χ4v) is 3.27. The molecule has 6 nitrogen and oxygen atoms in total. The van der Waals surface area contributed by atoms with Gasteiger partial charge >= 0.3 is 0 Å². The molecule has 1 aromatic heterocycles. The molecule has 2 heterocycles. The minimum Gasteiger partial charge on any atom is -0.396 e. The standard InChI is InChI=1S/C15H23N3O3/c1-17-13-5-3-2-4-12(13)14(16-17)15(20)18-6-7-21-10-11(8-18)9-19/h11,19H,2-10H2,1H3/t11-/m1/s1. The zero-order valence-corrected chi connectivity index (χ0v) is 12.5. The predicted molar refractivity (Wildman–Crippen MR) is 77.1 cm³/mol. The zero-order chi connectivity index (χ0) is 14.8. The number of amides is 1. The number of aliphatic hydroxyl groups excluding tert-OH is 1. The van der Waals surface area contributed by atoms with Crippen LogP contribution in [0.25, 0.3) is 0 Å². The third-order valence-corrected chi connectivity index (χ3v) is 4.45. The maximum absolute atomic E-state index is 12.8. The van der Waals surface area contributed by atoms with Crippen molar-refractivity contribution in [3.63, 3.8) is 0 Å². The van der Waals surface area contributed by atoms with Crippen LogP contribution in [0.2, 0.25) is 0 Å². The largest absolute Gasteiger partial charge is 0.396 e. The molecule has 0 radical (unpaired) electrons. The second-order valence-electron chi connectivity index (χ2n) is 5.98. The third kappa shape index (κ3) is 2.82. The molecule has 116 valence electrons. The van der Waals surface area contributed by atoms with Gasteiger partial charge in [-0.15, -0.1) is 0 Å². The SMILES string of the molecule is Cn1nc(C(=O)N2CCOC[C@@H](CO)C2)c2c1CCCC2. The fraction of sp³-hybridized carbons (Fsp3) is 0.733. The summed E-state index contributed by atoms with van der Waals surface area (Å²) in [6.07, 6.45) is 4.25. The van der Waals surface area contributed by atoms with Crippen molar-refractivity contribution in [2.45, 2.75) is 25.7 Å². The Morgan fingerprint density at radius 2 is 2.24 bits per heavy atom. The monoisotopic (exact) mass is 293 g/mol. The van der Waals surface area contributed by atoms with Crippen molar-refractivity contribution in [1.29, 1.82) is 0 Å². The Hall–Kier alpha value is -1.40. The van der Waals surface area contributed by atoms with E-state index in [1.807, 2.05) is 11.7 Å². The first-order valence-corrected chi connectivity index (χ1v) is 7.73. The van der Waals surface area contributed by atoms with Crippen molar-refractivity contribution in [2.24, 2.45) is 13.0 Å². The van der Waals surface area contributed by atoms with Gasteiger partial charge in [-0.05, 0) is 25.7 Å². The van der Waals surface area contributed by atoms with Gasteiger partial charge in [0, 0.05) is 43.9 Å². The van der Waals surface area contributed by atoms with E-state index >= 15 is 0 Å². The number of aromatic nitrogens is 2. The molecule has 2 aliphatic rings. The minimum absolute atomic E-state index is 0.00371. The lowest BCUT2D eigenvalue weighted by molar-refractivity contribution is 0.0720. The van der Waals surface area contributed by atoms with E-state index in [0.717, 1.165) is 24.8 Å². The molecule has 3 rings (SSSR count). The Morgan fingerprint density at radius 3 is 3.05 bits per heavy atom. The number of nitrogens with zero attached hydrogens (tertiary/aromatic N) is 3. The normalized spacial score (nSPS) is 22.8. The van der Waals surface area contributed by atoms with Gasteiger partial charge in [0.1, 0.15) is 0 Å². The summed E-state index contributed by atoms with van der Waals surface area (Å²) < 4.78 is 7.31. The van der Waals surface area contributed by atoms with Gasteiger partial charge in [-0.3, -0.25) is 9.48 Å². The number of hydrogen-bond acceptors (Lipinski definition) is 4. The molecule has 1 aliphatic carbocycles. The summed E-state index contributed by atoms with van der Waals surface area (Å²) in [5, 5.41) is 13.8. The van der Waals surface area contributed by atoms with E-state index in [-0.39, 0.29) is 18.4 Å². The quantitative estimate of drug-likeness (QED) is 0.856. The zero-order valence-electron chi connectivity index (χ0n) is 12.5. The smallest absolute Gasteiger partial charge is 0.274 e. The highest BCUT2D eigenvalue weighted by Gasteiger charge is 2.29. The number of fused-ring (bicyclic) bond motifs is 1. The Labute approximate surface area is 124 Å². The van der Waals surface area contributed by atoms with Crippen molar-refractivity contribution in [1.82, 2.24) is 14.7 Å². The first kappa shape index (κ1) is 14.5. The average Bonchev–Trinajstić information content (AvgIpc) is 2.71. The molecule has 1 N–H and O–H groups in total. The molecule has 1 saturated heterocycles. The number of hydrogen-bond donors (Lipinski definition) is 1. The van der Waals surface area contributed by atoms with Crippen molar-refractivity contribution >= 4 is 5.91 Å². The number of aliphatic hydroxyl groups is 1. The maximum Gasteiger partial charge on any atom is 0.274 e. The molecule has 21 heavy (non-hydrogen) atoms. The topological polar surface area (TPSA) is 67.6 Å². The Balaban J connectivity index is 1.84. The van der Waals surface area contributed by atoms with Crippen LogP contribution >= 0.6 is 0 Å². The predicted octanol–water partition coefficient (Wildman–Crippen LogP) is 0.380. The van der Waals surface area contributed by atoms with Crippen molar-refractivity contribution in [2.75, 3.05) is 32.9 Å². The van der Waals surface area contributed by atoms with E-state index in [1.165, 1.54) is 12.1 Å². The summed E-state index contributed by atoms with van der Waals surface area (Å²) in [7, 11) is 1.92. The van der Waals surface area contributed by atoms with Crippen LogP contribution < -0.4 is 0 Å². The van der Waals surface area contributed by atoms with Gasteiger partial charge in [0.15, 0.2) is 5.69 Å². The average molecular weight is 293 g/mol. The molecule has 0 bridgehead atoms. The second-order valence-corrected chi connectivity index (χ2v) is 5.98. The minimum atomic E-state index is -0.0160. The Morgan fingerprint density at radius 1 is 1.43 bits per heavy atom. The number of carbonyl (C=O) groups excluding carboxylic acids is 1. The molecule has 6 heteroatoms. The molecule has 1 atom stereocenters. The van der Waals surface area contributed by atoms with E-state index in [9.17, 15) is 9.90 Å². The molecule has 0 spiro atoms. The van der Waals surface area contributed by atoms with Crippen LogP contribution in [0.15, 0.2) is 0 Å². The first-order valence-electron chi connectivity index (χ1n) is 7.73. The summed E-state index contributed by atoms with van der Waals surface area (Å²) in [5.74, 6) is -0.0197. The van der Waals surface area contributed by atoms with Crippen LogP contribution in [0, 0.1) is 5.92 Å². The van der Waals surface area contributed by atoms with Gasteiger partial charge in [-0.1, -0.05) is 0 Å². The van der Waals surface area contributed by atoms with E-state index in [4.69, 9.17) is 4.74 Å². The van der Waals surface area contributed by atoms with Crippen LogP contribution in [-0.4, -0.2) is 58.6 Å². The fourth-order valence-electron chi connectivity index (χ4n) is 3.27. The molecule has 0 aromatic carbocycles. The summed E-state index contributed by atoms with van der Waals surface area (Å²) >= 11 is 0. The van der Waals surface area contributed by atoms with Crippen LogP contribution in [0.1, 0.15) is 34.6 Å². The highest BCUT2D eigenvalue weighted by molar-refractivity contribution is 5.94.